The monoisotopic (exact) mass is 498 g/mol. The van der Waals surface area contributed by atoms with Crippen LogP contribution in [0.25, 0.3) is 11.4 Å². The van der Waals surface area contributed by atoms with Crippen molar-refractivity contribution < 1.29 is 14.1 Å². The van der Waals surface area contributed by atoms with Crippen LogP contribution in [0.4, 0.5) is 0 Å². The molecule has 0 saturated carbocycles. The first-order valence-corrected chi connectivity index (χ1v) is 11.6. The summed E-state index contributed by atoms with van der Waals surface area (Å²) in [6.45, 7) is 2.93. The number of rotatable bonds is 8. The van der Waals surface area contributed by atoms with Gasteiger partial charge in [0.25, 0.3) is 0 Å². The molecule has 0 radical (unpaired) electrons. The van der Waals surface area contributed by atoms with Crippen molar-refractivity contribution in [2.24, 2.45) is 5.92 Å². The molecule has 1 aliphatic rings. The van der Waals surface area contributed by atoms with Gasteiger partial charge >= 0.3 is 0 Å². The van der Waals surface area contributed by atoms with Gasteiger partial charge in [0.05, 0.1) is 13.7 Å². The molecule has 32 heavy (non-hydrogen) atoms. The summed E-state index contributed by atoms with van der Waals surface area (Å²) in [6, 6.07) is 15.8. The second-order valence-electron chi connectivity index (χ2n) is 7.96. The van der Waals surface area contributed by atoms with E-state index in [1.165, 1.54) is 5.56 Å². The molecular formula is C24H27BrN4O3. The Morgan fingerprint density at radius 2 is 2.00 bits per heavy atom. The number of hydrogen-bond donors (Lipinski definition) is 1. The normalized spacial score (nSPS) is 14.9. The van der Waals surface area contributed by atoms with Crippen LogP contribution in [-0.4, -0.2) is 47.7 Å². The molecule has 1 N–H and O–H groups in total. The Morgan fingerprint density at radius 3 is 2.72 bits per heavy atom. The van der Waals surface area contributed by atoms with E-state index in [2.05, 4.69) is 36.3 Å². The van der Waals surface area contributed by atoms with E-state index in [9.17, 15) is 4.79 Å². The lowest BCUT2D eigenvalue weighted by molar-refractivity contribution is -0.126. The van der Waals surface area contributed by atoms with E-state index in [0.717, 1.165) is 48.1 Å². The van der Waals surface area contributed by atoms with E-state index in [1.54, 1.807) is 7.11 Å². The van der Waals surface area contributed by atoms with Gasteiger partial charge in [0.15, 0.2) is 0 Å². The summed E-state index contributed by atoms with van der Waals surface area (Å²) >= 11 is 3.46. The Bertz CT molecular complexity index is 1030. The van der Waals surface area contributed by atoms with Crippen molar-refractivity contribution in [2.45, 2.75) is 25.8 Å². The summed E-state index contributed by atoms with van der Waals surface area (Å²) < 4.78 is 11.6. The predicted molar refractivity (Wildman–Crippen MR) is 125 cm³/mol. The second-order valence-corrected chi connectivity index (χ2v) is 8.88. The quantitative estimate of drug-likeness (QED) is 0.503. The van der Waals surface area contributed by atoms with Crippen LogP contribution in [0.1, 0.15) is 24.3 Å². The van der Waals surface area contributed by atoms with Gasteiger partial charge in [-0.2, -0.15) is 4.98 Å². The highest BCUT2D eigenvalue weighted by Crippen LogP contribution is 2.22. The number of halogens is 1. The van der Waals surface area contributed by atoms with Crippen molar-refractivity contribution in [3.05, 3.63) is 64.5 Å². The number of nitrogens with one attached hydrogen (secondary N) is 1. The molecule has 1 aromatic heterocycles. The molecule has 1 saturated heterocycles. The van der Waals surface area contributed by atoms with Gasteiger partial charge in [0.1, 0.15) is 5.75 Å². The number of piperidine rings is 1. The van der Waals surface area contributed by atoms with E-state index >= 15 is 0 Å². The third-order valence-corrected chi connectivity index (χ3v) is 6.23. The van der Waals surface area contributed by atoms with Crippen LogP contribution in [-0.2, 0) is 17.8 Å². The smallest absolute Gasteiger partial charge is 0.241 e. The van der Waals surface area contributed by atoms with Crippen LogP contribution in [0.3, 0.4) is 0 Å². The van der Waals surface area contributed by atoms with Crippen LogP contribution < -0.4 is 10.1 Å². The molecule has 8 heteroatoms. The van der Waals surface area contributed by atoms with Crippen molar-refractivity contribution in [3.63, 3.8) is 0 Å². The highest BCUT2D eigenvalue weighted by atomic mass is 79.9. The van der Waals surface area contributed by atoms with Crippen molar-refractivity contribution in [3.8, 4) is 17.1 Å². The molecule has 2 aromatic carbocycles. The summed E-state index contributed by atoms with van der Waals surface area (Å²) in [5.41, 5.74) is 2.10. The number of carbonyl (C=O) groups is 1. The fraction of sp³-hybridized carbons (Fsp3) is 0.375. The van der Waals surface area contributed by atoms with Crippen molar-refractivity contribution >= 4 is 21.8 Å². The van der Waals surface area contributed by atoms with E-state index in [-0.39, 0.29) is 11.8 Å². The molecule has 7 nitrogen and oxygen atoms in total. The van der Waals surface area contributed by atoms with Crippen molar-refractivity contribution in [2.75, 3.05) is 26.7 Å². The predicted octanol–water partition coefficient (Wildman–Crippen LogP) is 4.08. The minimum Gasteiger partial charge on any atom is -0.497 e. The Morgan fingerprint density at radius 1 is 1.22 bits per heavy atom. The number of nitrogens with zero attached hydrogens (tertiary/aromatic N) is 3. The number of benzene rings is 2. The van der Waals surface area contributed by atoms with Crippen LogP contribution >= 0.6 is 15.9 Å². The Balaban J connectivity index is 1.19. The third kappa shape index (κ3) is 5.95. The lowest BCUT2D eigenvalue weighted by atomic mass is 9.96. The first-order chi connectivity index (χ1) is 15.6. The maximum Gasteiger partial charge on any atom is 0.241 e. The number of aromatic nitrogens is 2. The maximum absolute atomic E-state index is 12.5. The molecule has 0 spiro atoms. The minimum atomic E-state index is 0.0574. The summed E-state index contributed by atoms with van der Waals surface area (Å²) in [7, 11) is 1.66. The van der Waals surface area contributed by atoms with Gasteiger partial charge in [0.2, 0.25) is 17.6 Å². The number of amides is 1. The van der Waals surface area contributed by atoms with Crippen LogP contribution in [0.2, 0.25) is 0 Å². The summed E-state index contributed by atoms with van der Waals surface area (Å²) in [5.74, 6) is 2.24. The van der Waals surface area contributed by atoms with Gasteiger partial charge in [0, 0.05) is 22.5 Å². The molecule has 1 aliphatic heterocycles. The Hall–Kier alpha value is -2.71. The molecule has 0 aliphatic carbocycles. The molecule has 1 fully saturated rings. The SMILES string of the molecule is COc1ccc(CCNC(=O)C2CCN(Cc3nc(-c4cccc(Br)c4)no3)CC2)cc1. The molecular weight excluding hydrogens is 472 g/mol. The van der Waals surface area contributed by atoms with Crippen molar-refractivity contribution in [1.29, 1.82) is 0 Å². The third-order valence-electron chi connectivity index (χ3n) is 5.74. The number of hydrogen-bond acceptors (Lipinski definition) is 6. The standard InChI is InChI=1S/C24H27BrN4O3/c1-31-21-7-5-17(6-8-21)9-12-26-24(30)18-10-13-29(14-11-18)16-22-27-23(28-32-22)19-3-2-4-20(25)15-19/h2-8,15,18H,9-14,16H2,1H3,(H,26,30). The molecule has 0 bridgehead atoms. The fourth-order valence-electron chi connectivity index (χ4n) is 3.88. The number of likely N-dealkylation sites (tertiary alicyclic amines) is 1. The van der Waals surface area contributed by atoms with Gasteiger partial charge < -0.3 is 14.6 Å². The van der Waals surface area contributed by atoms with E-state index in [1.807, 2.05) is 48.5 Å². The molecule has 0 unspecified atom stereocenters. The number of methoxy groups -OCH3 is 1. The van der Waals surface area contributed by atoms with Crippen LogP contribution in [0.15, 0.2) is 57.5 Å². The van der Waals surface area contributed by atoms with E-state index in [0.29, 0.717) is 24.8 Å². The maximum atomic E-state index is 12.5. The molecule has 4 rings (SSSR count). The lowest BCUT2D eigenvalue weighted by Crippen LogP contribution is -2.40. The first-order valence-electron chi connectivity index (χ1n) is 10.8. The van der Waals surface area contributed by atoms with Crippen LogP contribution in [0, 0.1) is 5.92 Å². The molecule has 1 amide bonds. The average molecular weight is 499 g/mol. The van der Waals surface area contributed by atoms with E-state index in [4.69, 9.17) is 9.26 Å². The summed E-state index contributed by atoms with van der Waals surface area (Å²) in [5, 5.41) is 7.19. The largest absolute Gasteiger partial charge is 0.497 e. The highest BCUT2D eigenvalue weighted by molar-refractivity contribution is 9.10. The zero-order valence-corrected chi connectivity index (χ0v) is 19.7. The van der Waals surface area contributed by atoms with Gasteiger partial charge in [-0.1, -0.05) is 45.4 Å². The Labute approximate surface area is 196 Å². The number of ether oxygens (including phenoxy) is 1. The van der Waals surface area contributed by atoms with Gasteiger partial charge in [-0.15, -0.1) is 0 Å². The zero-order valence-electron chi connectivity index (χ0n) is 18.1. The summed E-state index contributed by atoms with van der Waals surface area (Å²) in [6.07, 6.45) is 2.48. The average Bonchev–Trinajstić information content (AvgIpc) is 3.28. The number of carbonyl (C=O) groups excluding carboxylic acids is 1. The van der Waals surface area contributed by atoms with Gasteiger partial charge in [-0.3, -0.25) is 9.69 Å². The first kappa shape index (κ1) is 22.5. The summed E-state index contributed by atoms with van der Waals surface area (Å²) in [4.78, 5) is 19.3. The topological polar surface area (TPSA) is 80.5 Å². The molecule has 0 atom stereocenters. The van der Waals surface area contributed by atoms with Crippen molar-refractivity contribution in [1.82, 2.24) is 20.4 Å². The van der Waals surface area contributed by atoms with E-state index < -0.39 is 0 Å². The second kappa shape index (κ2) is 10.7. The zero-order chi connectivity index (χ0) is 22.3. The minimum absolute atomic E-state index is 0.0574. The van der Waals surface area contributed by atoms with Gasteiger partial charge in [-0.25, -0.2) is 0 Å². The Kier molecular flexibility index (Phi) is 7.55. The molecule has 3 aromatic rings. The fourth-order valence-corrected chi connectivity index (χ4v) is 4.27. The molecule has 168 valence electrons. The lowest BCUT2D eigenvalue weighted by Gasteiger charge is -2.30. The van der Waals surface area contributed by atoms with Gasteiger partial charge in [-0.05, 0) is 62.2 Å². The highest BCUT2D eigenvalue weighted by Gasteiger charge is 2.25. The molecule has 2 heterocycles. The van der Waals surface area contributed by atoms with Crippen LogP contribution in [0.5, 0.6) is 5.75 Å².